The molecule has 1 heterocycles. The molecule has 0 fully saturated rings. The van der Waals surface area contributed by atoms with Gasteiger partial charge in [-0.25, -0.2) is 0 Å². The van der Waals surface area contributed by atoms with Gasteiger partial charge >= 0.3 is 0 Å². The van der Waals surface area contributed by atoms with Gasteiger partial charge in [0.25, 0.3) is 0 Å². The summed E-state index contributed by atoms with van der Waals surface area (Å²) >= 11 is 1.61. The fraction of sp³-hybridized carbons (Fsp3) is 0.357. The number of nitrogens with one attached hydrogen (secondary N) is 1. The van der Waals surface area contributed by atoms with Crippen LogP contribution in [0.1, 0.15) is 24.5 Å². The van der Waals surface area contributed by atoms with Crippen LogP contribution in [0, 0.1) is 0 Å². The molecule has 3 N–H and O–H groups in total. The second-order valence-corrected chi connectivity index (χ2v) is 5.80. The normalized spacial score (nSPS) is 22.7. The second-order valence-electron chi connectivity index (χ2n) is 4.69. The predicted octanol–water partition coefficient (Wildman–Crippen LogP) is 2.48. The summed E-state index contributed by atoms with van der Waals surface area (Å²) in [7, 11) is 1.57. The highest BCUT2D eigenvalue weighted by molar-refractivity contribution is 8.13. The lowest BCUT2D eigenvalue weighted by Gasteiger charge is -2.30. The van der Waals surface area contributed by atoms with Crippen LogP contribution in [0.25, 0.3) is 5.70 Å². The van der Waals surface area contributed by atoms with Crippen molar-refractivity contribution in [2.75, 3.05) is 12.9 Å². The maximum Gasteiger partial charge on any atom is 0.154 e. The highest BCUT2D eigenvalue weighted by atomic mass is 32.2. The summed E-state index contributed by atoms with van der Waals surface area (Å²) in [6.07, 6.45) is 0.978. The van der Waals surface area contributed by atoms with E-state index in [1.54, 1.807) is 18.9 Å². The topological polar surface area (TPSA) is 59.6 Å². The van der Waals surface area contributed by atoms with Crippen LogP contribution in [-0.2, 0) is 10.4 Å². The van der Waals surface area contributed by atoms with Gasteiger partial charge in [0, 0.05) is 5.75 Å². The van der Waals surface area contributed by atoms with Gasteiger partial charge in [-0.3, -0.25) is 15.3 Å². The number of nitrogens with two attached hydrogens (primary N) is 1. The number of thioether (sulfide) groups is 1. The van der Waals surface area contributed by atoms with E-state index in [1.165, 1.54) is 0 Å². The molecule has 102 valence electrons. The maximum absolute atomic E-state index is 5.86. The number of hydroxylamine groups is 1. The molecule has 19 heavy (non-hydrogen) atoms. The quantitative estimate of drug-likeness (QED) is 0.830. The summed E-state index contributed by atoms with van der Waals surface area (Å²) in [5, 5.41) is 0.660. The minimum atomic E-state index is -0.251. The lowest BCUT2D eigenvalue weighted by Crippen LogP contribution is -2.28. The SMILES string of the molecule is C=C(NOC)c1cccc(C2(C)CCSC(N)=N2)c1. The van der Waals surface area contributed by atoms with Crippen molar-refractivity contribution in [1.82, 2.24) is 5.48 Å². The van der Waals surface area contributed by atoms with E-state index in [-0.39, 0.29) is 5.54 Å². The summed E-state index contributed by atoms with van der Waals surface area (Å²) in [6, 6.07) is 8.16. The molecule has 2 rings (SSSR count). The predicted molar refractivity (Wildman–Crippen MR) is 81.7 cm³/mol. The van der Waals surface area contributed by atoms with Crippen molar-refractivity contribution in [1.29, 1.82) is 0 Å². The Hall–Kier alpha value is -1.46. The van der Waals surface area contributed by atoms with Crippen molar-refractivity contribution in [2.45, 2.75) is 18.9 Å². The van der Waals surface area contributed by atoms with Gasteiger partial charge < -0.3 is 5.73 Å². The largest absolute Gasteiger partial charge is 0.379 e. The van der Waals surface area contributed by atoms with Gasteiger partial charge in [-0.1, -0.05) is 36.5 Å². The van der Waals surface area contributed by atoms with Crippen LogP contribution in [0.3, 0.4) is 0 Å². The number of benzene rings is 1. The van der Waals surface area contributed by atoms with Crippen LogP contribution in [0.15, 0.2) is 35.8 Å². The number of nitrogens with zero attached hydrogens (tertiary/aromatic N) is 1. The monoisotopic (exact) mass is 277 g/mol. The summed E-state index contributed by atoms with van der Waals surface area (Å²) < 4.78 is 0. The second kappa shape index (κ2) is 5.67. The number of aliphatic imine (C=N–C) groups is 1. The fourth-order valence-electron chi connectivity index (χ4n) is 2.12. The van der Waals surface area contributed by atoms with Crippen LogP contribution in [-0.4, -0.2) is 18.0 Å². The fourth-order valence-corrected chi connectivity index (χ4v) is 3.09. The minimum absolute atomic E-state index is 0.251. The average Bonchev–Trinajstić information content (AvgIpc) is 2.39. The van der Waals surface area contributed by atoms with Crippen LogP contribution in [0.4, 0.5) is 0 Å². The summed E-state index contributed by atoms with van der Waals surface area (Å²) in [5.41, 5.74) is 11.2. The number of hydrogen-bond donors (Lipinski definition) is 2. The van der Waals surface area contributed by atoms with Gasteiger partial charge in [0.2, 0.25) is 0 Å². The van der Waals surface area contributed by atoms with E-state index in [0.29, 0.717) is 5.17 Å². The molecule has 1 aliphatic heterocycles. The van der Waals surface area contributed by atoms with Crippen molar-refractivity contribution >= 4 is 22.6 Å². The zero-order chi connectivity index (χ0) is 13.9. The molecule has 5 heteroatoms. The molecule has 0 saturated heterocycles. The Morgan fingerprint density at radius 3 is 3.05 bits per heavy atom. The highest BCUT2D eigenvalue weighted by Crippen LogP contribution is 2.35. The summed E-state index contributed by atoms with van der Waals surface area (Å²) in [4.78, 5) is 9.49. The average molecular weight is 277 g/mol. The first-order chi connectivity index (χ1) is 9.05. The highest BCUT2D eigenvalue weighted by Gasteiger charge is 2.29. The van der Waals surface area contributed by atoms with Crippen molar-refractivity contribution < 1.29 is 4.84 Å². The van der Waals surface area contributed by atoms with Crippen molar-refractivity contribution in [3.63, 3.8) is 0 Å². The third-order valence-corrected chi connectivity index (χ3v) is 4.05. The molecule has 1 aromatic carbocycles. The molecule has 0 aromatic heterocycles. The van der Waals surface area contributed by atoms with Crippen LogP contribution < -0.4 is 11.2 Å². The molecule has 1 atom stereocenters. The Morgan fingerprint density at radius 2 is 2.37 bits per heavy atom. The maximum atomic E-state index is 5.86. The van der Waals surface area contributed by atoms with Gasteiger partial charge in [-0.2, -0.15) is 0 Å². The number of hydrogen-bond acceptors (Lipinski definition) is 5. The smallest absolute Gasteiger partial charge is 0.154 e. The Morgan fingerprint density at radius 1 is 1.58 bits per heavy atom. The lowest BCUT2D eigenvalue weighted by atomic mass is 9.88. The summed E-state index contributed by atoms with van der Waals surface area (Å²) in [5.74, 6) is 0.993. The van der Waals surface area contributed by atoms with Crippen LogP contribution in [0.2, 0.25) is 0 Å². The van der Waals surface area contributed by atoms with E-state index in [9.17, 15) is 0 Å². The van der Waals surface area contributed by atoms with Crippen molar-refractivity contribution in [2.24, 2.45) is 10.7 Å². The van der Waals surface area contributed by atoms with Gasteiger partial charge in [-0.15, -0.1) is 0 Å². The molecule has 0 bridgehead atoms. The molecule has 0 spiro atoms. The third kappa shape index (κ3) is 3.11. The molecule has 0 amide bonds. The molecule has 0 radical (unpaired) electrons. The van der Waals surface area contributed by atoms with Gasteiger partial charge in [0.05, 0.1) is 18.3 Å². The van der Waals surface area contributed by atoms with Gasteiger partial charge in [-0.05, 0) is 30.5 Å². The molecule has 0 saturated carbocycles. The number of rotatable bonds is 4. The Labute approximate surface area is 118 Å². The van der Waals surface area contributed by atoms with E-state index < -0.39 is 0 Å². The van der Waals surface area contributed by atoms with Gasteiger partial charge in [0.15, 0.2) is 5.17 Å². The molecule has 0 aliphatic carbocycles. The molecular weight excluding hydrogens is 258 g/mol. The first-order valence-electron chi connectivity index (χ1n) is 6.12. The van der Waals surface area contributed by atoms with E-state index in [2.05, 4.69) is 36.1 Å². The van der Waals surface area contributed by atoms with Crippen LogP contribution >= 0.6 is 11.8 Å². The van der Waals surface area contributed by atoms with E-state index in [0.717, 1.165) is 29.0 Å². The molecule has 1 unspecified atom stereocenters. The Kier molecular flexibility index (Phi) is 4.17. The first-order valence-corrected chi connectivity index (χ1v) is 7.11. The summed E-state index contributed by atoms with van der Waals surface area (Å²) in [6.45, 7) is 6.05. The Bertz CT molecular complexity index is 515. The number of amidine groups is 1. The first kappa shape index (κ1) is 14.0. The molecular formula is C14H19N3OS. The van der Waals surface area contributed by atoms with Crippen molar-refractivity contribution in [3.05, 3.63) is 42.0 Å². The lowest BCUT2D eigenvalue weighted by molar-refractivity contribution is 0.137. The van der Waals surface area contributed by atoms with E-state index in [4.69, 9.17) is 10.6 Å². The zero-order valence-electron chi connectivity index (χ0n) is 11.3. The third-order valence-electron chi connectivity index (χ3n) is 3.25. The van der Waals surface area contributed by atoms with E-state index >= 15 is 0 Å². The molecule has 4 nitrogen and oxygen atoms in total. The Balaban J connectivity index is 2.33. The van der Waals surface area contributed by atoms with Crippen LogP contribution in [0.5, 0.6) is 0 Å². The van der Waals surface area contributed by atoms with E-state index in [1.807, 2.05) is 12.1 Å². The molecule has 1 aromatic rings. The molecule has 1 aliphatic rings. The standard InChI is InChI=1S/C14H19N3OS/c1-10(17-18-3)11-5-4-6-12(9-11)14(2)7-8-19-13(15)16-14/h4-6,9,17H,1,7-8H2,2-3H3,(H2,15,16). The minimum Gasteiger partial charge on any atom is -0.379 e. The van der Waals surface area contributed by atoms with Crippen molar-refractivity contribution in [3.8, 4) is 0 Å². The van der Waals surface area contributed by atoms with Gasteiger partial charge in [0.1, 0.15) is 0 Å². The zero-order valence-corrected chi connectivity index (χ0v) is 12.1.